The van der Waals surface area contributed by atoms with Crippen molar-refractivity contribution >= 4 is 33.8 Å². The highest BCUT2D eigenvalue weighted by Crippen LogP contribution is 2.37. The molecule has 0 saturated heterocycles. The van der Waals surface area contributed by atoms with E-state index in [0.29, 0.717) is 11.4 Å². The zero-order chi connectivity index (χ0) is 13.1. The van der Waals surface area contributed by atoms with Crippen molar-refractivity contribution in [3.8, 4) is 11.1 Å². The lowest BCUT2D eigenvalue weighted by molar-refractivity contribution is -0.107. The van der Waals surface area contributed by atoms with E-state index in [1.807, 2.05) is 43.3 Å². The van der Waals surface area contributed by atoms with E-state index in [0.717, 1.165) is 33.0 Å². The molecule has 1 nitrogen and oxygen atoms in total. The Morgan fingerprint density at radius 1 is 1.28 bits per heavy atom. The van der Waals surface area contributed by atoms with Crippen LogP contribution in [0.15, 0.2) is 40.9 Å². The molecular weight excluding hydrogens is 312 g/mol. The second-order valence-electron chi connectivity index (χ2n) is 4.07. The zero-order valence-electron chi connectivity index (χ0n) is 9.91. The van der Waals surface area contributed by atoms with Crippen LogP contribution in [0.4, 0.5) is 0 Å². The van der Waals surface area contributed by atoms with E-state index in [9.17, 15) is 4.79 Å². The highest BCUT2D eigenvalue weighted by Gasteiger charge is 2.14. The Hall–Kier alpha value is -1.12. The topological polar surface area (TPSA) is 17.1 Å². The van der Waals surface area contributed by atoms with Crippen LogP contribution in [-0.2, 0) is 11.2 Å². The van der Waals surface area contributed by atoms with Gasteiger partial charge in [0.2, 0.25) is 0 Å². The first kappa shape index (κ1) is 13.3. The summed E-state index contributed by atoms with van der Waals surface area (Å²) in [5, 5.41) is 0.679. The second-order valence-corrected chi connectivity index (χ2v) is 5.27. The minimum Gasteiger partial charge on any atom is -0.303 e. The summed E-state index contributed by atoms with van der Waals surface area (Å²) in [4.78, 5) is 10.8. The number of benzene rings is 2. The summed E-state index contributed by atoms with van der Waals surface area (Å²) >= 11 is 9.76. The van der Waals surface area contributed by atoms with Crippen LogP contribution >= 0.6 is 27.5 Å². The van der Waals surface area contributed by atoms with Crippen molar-refractivity contribution in [1.29, 1.82) is 0 Å². The molecule has 0 unspecified atom stereocenters. The number of hydrogen-bond donors (Lipinski definition) is 0. The molecule has 0 aromatic heterocycles. The average molecular weight is 324 g/mol. The van der Waals surface area contributed by atoms with Crippen LogP contribution in [0.5, 0.6) is 0 Å². The van der Waals surface area contributed by atoms with Crippen molar-refractivity contribution in [2.45, 2.75) is 13.3 Å². The Bertz CT molecular complexity index is 579. The van der Waals surface area contributed by atoms with Crippen LogP contribution in [0.1, 0.15) is 11.1 Å². The molecule has 0 bridgehead atoms. The molecule has 0 radical (unpaired) electrons. The summed E-state index contributed by atoms with van der Waals surface area (Å²) in [6.45, 7) is 1.96. The number of halogens is 2. The second kappa shape index (κ2) is 5.68. The van der Waals surface area contributed by atoms with Gasteiger partial charge in [0, 0.05) is 15.9 Å². The number of carbonyl (C=O) groups excluding carboxylic acids is 1. The molecular formula is C15H12BrClO. The Balaban J connectivity index is 2.71. The minimum atomic E-state index is 0.364. The molecule has 0 N–H and O–H groups in total. The van der Waals surface area contributed by atoms with Gasteiger partial charge in [0.1, 0.15) is 6.29 Å². The van der Waals surface area contributed by atoms with E-state index >= 15 is 0 Å². The molecule has 0 spiro atoms. The first-order valence-corrected chi connectivity index (χ1v) is 6.78. The molecule has 3 heteroatoms. The molecule has 0 saturated carbocycles. The molecule has 0 amide bonds. The molecule has 0 fully saturated rings. The van der Waals surface area contributed by atoms with Gasteiger partial charge in [0.25, 0.3) is 0 Å². The third-order valence-corrected chi connectivity index (χ3v) is 4.28. The van der Waals surface area contributed by atoms with Gasteiger partial charge < -0.3 is 4.79 Å². The van der Waals surface area contributed by atoms with Crippen molar-refractivity contribution in [2.75, 3.05) is 0 Å². The fourth-order valence-electron chi connectivity index (χ4n) is 1.93. The van der Waals surface area contributed by atoms with E-state index in [2.05, 4.69) is 15.9 Å². The van der Waals surface area contributed by atoms with Crippen molar-refractivity contribution in [3.05, 3.63) is 57.0 Å². The van der Waals surface area contributed by atoms with Crippen LogP contribution in [0.3, 0.4) is 0 Å². The van der Waals surface area contributed by atoms with Gasteiger partial charge >= 0.3 is 0 Å². The summed E-state index contributed by atoms with van der Waals surface area (Å²) in [7, 11) is 0. The molecule has 0 heterocycles. The third-order valence-electron chi connectivity index (χ3n) is 2.89. The van der Waals surface area contributed by atoms with E-state index in [1.165, 1.54) is 0 Å². The summed E-state index contributed by atoms with van der Waals surface area (Å²) in [6.07, 6.45) is 1.27. The summed E-state index contributed by atoms with van der Waals surface area (Å²) in [6, 6.07) is 11.9. The fraction of sp³-hybridized carbons (Fsp3) is 0.133. The van der Waals surface area contributed by atoms with Crippen LogP contribution in [0.2, 0.25) is 5.02 Å². The SMILES string of the molecule is Cc1c(Cl)cc(CC=O)c(-c2ccccc2)c1Br. The molecule has 0 aliphatic rings. The number of carbonyl (C=O) groups is 1. The quantitative estimate of drug-likeness (QED) is 0.740. The van der Waals surface area contributed by atoms with Crippen molar-refractivity contribution in [2.24, 2.45) is 0 Å². The number of hydrogen-bond acceptors (Lipinski definition) is 1. The molecule has 2 aromatic rings. The molecule has 0 aliphatic carbocycles. The molecule has 18 heavy (non-hydrogen) atoms. The standard InChI is InChI=1S/C15H12BrClO/c1-10-13(17)9-12(7-8-18)14(15(10)16)11-5-3-2-4-6-11/h2-6,8-9H,7H2,1H3. The van der Waals surface area contributed by atoms with Crippen LogP contribution in [-0.4, -0.2) is 6.29 Å². The van der Waals surface area contributed by atoms with Crippen molar-refractivity contribution in [1.82, 2.24) is 0 Å². The van der Waals surface area contributed by atoms with Gasteiger partial charge in [-0.2, -0.15) is 0 Å². The third kappa shape index (κ3) is 2.50. The maximum atomic E-state index is 10.8. The predicted octanol–water partition coefficient (Wildman–Crippen LogP) is 4.82. The lowest BCUT2D eigenvalue weighted by Crippen LogP contribution is -1.95. The largest absolute Gasteiger partial charge is 0.303 e. The van der Waals surface area contributed by atoms with E-state index < -0.39 is 0 Å². The van der Waals surface area contributed by atoms with Gasteiger partial charge in [0.15, 0.2) is 0 Å². The highest BCUT2D eigenvalue weighted by atomic mass is 79.9. The Morgan fingerprint density at radius 2 is 1.94 bits per heavy atom. The summed E-state index contributed by atoms with van der Waals surface area (Å²) in [5.41, 5.74) is 4.06. The molecule has 0 atom stereocenters. The lowest BCUT2D eigenvalue weighted by atomic mass is 9.96. The fourth-order valence-corrected chi connectivity index (χ4v) is 2.97. The van der Waals surface area contributed by atoms with Crippen LogP contribution < -0.4 is 0 Å². The molecule has 0 aliphatic heterocycles. The zero-order valence-corrected chi connectivity index (χ0v) is 12.3. The first-order valence-electron chi connectivity index (χ1n) is 5.61. The smallest absolute Gasteiger partial charge is 0.124 e. The maximum absolute atomic E-state index is 10.8. The lowest BCUT2D eigenvalue weighted by Gasteiger charge is -2.14. The normalized spacial score (nSPS) is 10.4. The highest BCUT2D eigenvalue weighted by molar-refractivity contribution is 9.10. The van der Waals surface area contributed by atoms with Gasteiger partial charge in [0.05, 0.1) is 0 Å². The minimum absolute atomic E-state index is 0.364. The Kier molecular flexibility index (Phi) is 4.20. The monoisotopic (exact) mass is 322 g/mol. The van der Waals surface area contributed by atoms with Gasteiger partial charge in [-0.15, -0.1) is 0 Å². The average Bonchev–Trinajstić information content (AvgIpc) is 2.38. The molecule has 92 valence electrons. The first-order chi connectivity index (χ1) is 8.65. The number of aldehydes is 1. The van der Waals surface area contributed by atoms with E-state index in [4.69, 9.17) is 11.6 Å². The maximum Gasteiger partial charge on any atom is 0.124 e. The number of rotatable bonds is 3. The Labute approximate surface area is 120 Å². The van der Waals surface area contributed by atoms with Crippen molar-refractivity contribution in [3.63, 3.8) is 0 Å². The van der Waals surface area contributed by atoms with Crippen molar-refractivity contribution < 1.29 is 4.79 Å². The van der Waals surface area contributed by atoms with Crippen LogP contribution in [0, 0.1) is 6.92 Å². The molecule has 2 rings (SSSR count). The Morgan fingerprint density at radius 3 is 2.56 bits per heavy atom. The predicted molar refractivity (Wildman–Crippen MR) is 79.1 cm³/mol. The van der Waals surface area contributed by atoms with Gasteiger partial charge in [-0.05, 0) is 51.2 Å². The van der Waals surface area contributed by atoms with E-state index in [1.54, 1.807) is 0 Å². The van der Waals surface area contributed by atoms with Gasteiger partial charge in [-0.25, -0.2) is 0 Å². The molecule has 2 aromatic carbocycles. The van der Waals surface area contributed by atoms with Gasteiger partial charge in [-0.1, -0.05) is 41.9 Å². The van der Waals surface area contributed by atoms with Gasteiger partial charge in [-0.3, -0.25) is 0 Å². The van der Waals surface area contributed by atoms with E-state index in [-0.39, 0.29) is 0 Å². The summed E-state index contributed by atoms with van der Waals surface area (Å²) in [5.74, 6) is 0. The van der Waals surface area contributed by atoms with Crippen LogP contribution in [0.25, 0.3) is 11.1 Å². The summed E-state index contributed by atoms with van der Waals surface area (Å²) < 4.78 is 0.957.